The van der Waals surface area contributed by atoms with Crippen LogP contribution in [-0.2, 0) is 4.74 Å². The van der Waals surface area contributed by atoms with Crippen LogP contribution in [0.3, 0.4) is 0 Å². The van der Waals surface area contributed by atoms with Gasteiger partial charge >= 0.3 is 184 Å². The Morgan fingerprint density at radius 2 is 2.13 bits per heavy atom. The van der Waals surface area contributed by atoms with Gasteiger partial charge in [0, 0.05) is 25.4 Å². The van der Waals surface area contributed by atoms with Crippen molar-refractivity contribution in [1.82, 2.24) is 14.9 Å². The molecule has 8 nitrogen and oxygen atoms in total. The summed E-state index contributed by atoms with van der Waals surface area (Å²) in [6.07, 6.45) is 4.35. The molecular weight excluding hydrogens is 593 g/mol. The van der Waals surface area contributed by atoms with Crippen LogP contribution in [0.5, 0.6) is 5.75 Å². The zero-order chi connectivity index (χ0) is 26.4. The van der Waals surface area contributed by atoms with Gasteiger partial charge in [-0.25, -0.2) is 0 Å². The standard InChI is InChI=1S/C29H35IN5O3/c1-5-19-15-34(3)12-10-29(19)16-35(28(36)38-29)25-13-21-24(14-26(25)37-4)31-17-32-27(21)33-23-8-6-7-20(18(23)2)22-9-11-30-22/h6-8,13-14,17,19,22H,5,9-12,15-16H2,1-4H3,(H,31,32,33)/q-1. The van der Waals surface area contributed by atoms with Crippen LogP contribution >= 0.6 is 0 Å². The zero-order valence-electron chi connectivity index (χ0n) is 22.5. The van der Waals surface area contributed by atoms with E-state index in [0.29, 0.717) is 18.0 Å². The summed E-state index contributed by atoms with van der Waals surface area (Å²) in [5, 5.41) is 4.42. The van der Waals surface area contributed by atoms with Crippen LogP contribution in [0.4, 0.5) is 22.0 Å². The number of carbonyl (C=O) groups is 1. The van der Waals surface area contributed by atoms with Crippen LogP contribution in [0.15, 0.2) is 36.7 Å². The molecule has 0 aliphatic carbocycles. The molecule has 6 rings (SSSR count). The molecule has 202 valence electrons. The molecule has 4 heterocycles. The Hall–Kier alpha value is -2.66. The molecule has 3 unspecified atom stereocenters. The van der Waals surface area contributed by atoms with Crippen LogP contribution in [0, 0.1) is 12.8 Å². The van der Waals surface area contributed by atoms with Gasteiger partial charge in [0.25, 0.3) is 0 Å². The van der Waals surface area contributed by atoms with E-state index in [-0.39, 0.29) is 33.2 Å². The molecule has 0 bridgehead atoms. The third kappa shape index (κ3) is 4.37. The van der Waals surface area contributed by atoms with Crippen molar-refractivity contribution in [3.63, 3.8) is 0 Å². The third-order valence-corrected chi connectivity index (χ3v) is 12.1. The van der Waals surface area contributed by atoms with E-state index in [1.54, 1.807) is 18.3 Å². The number of fused-ring (bicyclic) bond motifs is 1. The van der Waals surface area contributed by atoms with E-state index >= 15 is 0 Å². The van der Waals surface area contributed by atoms with Crippen molar-refractivity contribution in [2.45, 2.75) is 42.6 Å². The molecule has 3 fully saturated rings. The van der Waals surface area contributed by atoms with Crippen LogP contribution in [0.25, 0.3) is 10.9 Å². The van der Waals surface area contributed by atoms with Gasteiger partial charge in [0.1, 0.15) is 0 Å². The minimum atomic E-state index is -0.478. The molecule has 1 amide bonds. The number of methoxy groups -OCH3 is 1. The first-order chi connectivity index (χ1) is 18.4. The molecule has 9 heteroatoms. The van der Waals surface area contributed by atoms with Crippen LogP contribution in [-0.4, -0.2) is 64.8 Å². The Morgan fingerprint density at radius 3 is 2.87 bits per heavy atom. The molecule has 1 N–H and O–H groups in total. The predicted molar refractivity (Wildman–Crippen MR) is 145 cm³/mol. The normalized spacial score (nSPS) is 25.7. The number of carbonyl (C=O) groups excluding carboxylic acids is 1. The van der Waals surface area contributed by atoms with Gasteiger partial charge in [-0.15, -0.1) is 0 Å². The molecule has 1 spiro atoms. The molecular formula is C29H35IN5O3-. The van der Waals surface area contributed by atoms with Gasteiger partial charge in [0.05, 0.1) is 0 Å². The predicted octanol–water partition coefficient (Wildman–Crippen LogP) is 2.28. The second kappa shape index (κ2) is 10.1. The molecule has 2 aromatic carbocycles. The first kappa shape index (κ1) is 25.6. The minimum absolute atomic E-state index is 0.272. The number of hydrogen-bond donors (Lipinski definition) is 1. The van der Waals surface area contributed by atoms with Crippen molar-refractivity contribution >= 4 is 34.2 Å². The van der Waals surface area contributed by atoms with Crippen LogP contribution in [0.1, 0.15) is 41.2 Å². The summed E-state index contributed by atoms with van der Waals surface area (Å²) in [6.45, 7) is 6.73. The third-order valence-electron chi connectivity index (χ3n) is 8.47. The van der Waals surface area contributed by atoms with Crippen molar-refractivity contribution in [1.29, 1.82) is 0 Å². The number of likely N-dealkylation sites (tertiary alicyclic amines) is 1. The Bertz CT molecular complexity index is 1380. The van der Waals surface area contributed by atoms with E-state index in [2.05, 4.69) is 59.3 Å². The summed E-state index contributed by atoms with van der Waals surface area (Å²) in [4.78, 5) is 26.5. The van der Waals surface area contributed by atoms with E-state index in [0.717, 1.165) is 52.3 Å². The number of ether oxygens (including phenoxy) is 2. The quantitative estimate of drug-likeness (QED) is 0.332. The molecule has 3 atom stereocenters. The van der Waals surface area contributed by atoms with E-state index < -0.39 is 5.60 Å². The number of halogens is 1. The number of amides is 1. The fraction of sp³-hybridized carbons (Fsp3) is 0.483. The summed E-state index contributed by atoms with van der Waals surface area (Å²) < 4.78 is 14.1. The maximum atomic E-state index is 13.3. The van der Waals surface area contributed by atoms with Gasteiger partial charge in [0.15, 0.2) is 0 Å². The van der Waals surface area contributed by atoms with E-state index in [1.807, 2.05) is 12.1 Å². The SMILES string of the molecule is CCC1CN(C)CCC12CN(c1cc3c(Nc4cccc(C5CC[I-]5)c4C)ncnc3cc1OC)C(=O)O2. The summed E-state index contributed by atoms with van der Waals surface area (Å²) in [5.41, 5.74) is 4.79. The van der Waals surface area contributed by atoms with Gasteiger partial charge < -0.3 is 4.90 Å². The second-order valence-electron chi connectivity index (χ2n) is 10.6. The summed E-state index contributed by atoms with van der Waals surface area (Å²) in [6, 6.07) is 10.4. The number of aromatic nitrogens is 2. The number of piperidine rings is 1. The molecule has 1 aromatic heterocycles. The molecule has 3 saturated heterocycles. The first-order valence-electron chi connectivity index (χ1n) is 13.4. The van der Waals surface area contributed by atoms with Gasteiger partial charge in [0.2, 0.25) is 0 Å². The Balaban J connectivity index is 1.37. The van der Waals surface area contributed by atoms with Crippen molar-refractivity contribution in [3.05, 3.63) is 47.8 Å². The number of benzene rings is 2. The number of rotatable bonds is 6. The maximum absolute atomic E-state index is 13.3. The van der Waals surface area contributed by atoms with Gasteiger partial charge in [-0.1, -0.05) is 6.92 Å². The second-order valence-corrected chi connectivity index (χ2v) is 14.1. The Kier molecular flexibility index (Phi) is 6.84. The molecule has 3 aromatic rings. The van der Waals surface area contributed by atoms with Crippen molar-refractivity contribution < 1.29 is 35.5 Å². The fourth-order valence-corrected chi connectivity index (χ4v) is 8.49. The van der Waals surface area contributed by atoms with E-state index in [1.165, 1.54) is 22.0 Å². The van der Waals surface area contributed by atoms with Crippen molar-refractivity contribution in [2.24, 2.45) is 5.92 Å². The molecule has 0 saturated carbocycles. The van der Waals surface area contributed by atoms with E-state index in [9.17, 15) is 4.79 Å². The van der Waals surface area contributed by atoms with Gasteiger partial charge in [-0.2, -0.15) is 0 Å². The first-order valence-corrected chi connectivity index (χ1v) is 16.2. The van der Waals surface area contributed by atoms with Gasteiger partial charge in [-0.05, 0) is 13.5 Å². The average molecular weight is 629 g/mol. The number of nitrogens with zero attached hydrogens (tertiary/aromatic N) is 4. The summed E-state index contributed by atoms with van der Waals surface area (Å²) >= 11 is 0.272. The average Bonchev–Trinajstić information content (AvgIpc) is 3.22. The fourth-order valence-electron chi connectivity index (χ4n) is 6.10. The van der Waals surface area contributed by atoms with E-state index in [4.69, 9.17) is 9.47 Å². The monoisotopic (exact) mass is 628 g/mol. The summed E-state index contributed by atoms with van der Waals surface area (Å²) in [5.74, 6) is 1.61. The van der Waals surface area contributed by atoms with Crippen LogP contribution < -0.4 is 36.2 Å². The van der Waals surface area contributed by atoms with Crippen LogP contribution in [0.2, 0.25) is 0 Å². The Labute approximate surface area is 234 Å². The Morgan fingerprint density at radius 1 is 1.29 bits per heavy atom. The topological polar surface area (TPSA) is 79.8 Å². The summed E-state index contributed by atoms with van der Waals surface area (Å²) in [7, 11) is 3.76. The number of anilines is 3. The number of hydrogen-bond acceptors (Lipinski definition) is 7. The van der Waals surface area contributed by atoms with Gasteiger partial charge in [-0.3, -0.25) is 0 Å². The van der Waals surface area contributed by atoms with Crippen molar-refractivity contribution in [2.75, 3.05) is 48.4 Å². The number of alkyl halides is 2. The molecule has 3 aliphatic rings. The van der Waals surface area contributed by atoms with Crippen molar-refractivity contribution in [3.8, 4) is 5.75 Å². The molecule has 38 heavy (non-hydrogen) atoms. The number of nitrogens with one attached hydrogen (secondary N) is 1. The molecule has 3 aliphatic heterocycles. The zero-order valence-corrected chi connectivity index (χ0v) is 24.6. The molecule has 0 radical (unpaired) electrons.